The first-order valence-corrected chi connectivity index (χ1v) is 7.44. The van der Waals surface area contributed by atoms with Crippen molar-refractivity contribution in [2.75, 3.05) is 0 Å². The van der Waals surface area contributed by atoms with E-state index in [0.29, 0.717) is 16.6 Å². The molecule has 0 saturated heterocycles. The van der Waals surface area contributed by atoms with E-state index in [2.05, 4.69) is 29.4 Å². The smallest absolute Gasteiger partial charge is 0.272 e. The van der Waals surface area contributed by atoms with Gasteiger partial charge in [0, 0.05) is 10.7 Å². The number of hydrogen-bond donors (Lipinski definition) is 2. The molecule has 0 aliphatic heterocycles. The summed E-state index contributed by atoms with van der Waals surface area (Å²) in [6.07, 6.45) is 0.882. The minimum absolute atomic E-state index is 0.0972. The quantitative estimate of drug-likeness (QED) is 0.884. The number of aromatic nitrogens is 2. The minimum atomic E-state index is -0.177. The van der Waals surface area contributed by atoms with Crippen molar-refractivity contribution in [1.29, 1.82) is 0 Å². The highest BCUT2D eigenvalue weighted by molar-refractivity contribution is 6.30. The van der Waals surface area contributed by atoms with Crippen LogP contribution in [0.3, 0.4) is 0 Å². The van der Waals surface area contributed by atoms with Crippen LogP contribution in [0.5, 0.6) is 0 Å². The average Bonchev–Trinajstić information content (AvgIpc) is 2.87. The number of aromatic amines is 1. The zero-order valence-corrected chi connectivity index (χ0v) is 13.2. The fraction of sp³-hybridized carbons (Fsp3) is 0.375. The molecule has 2 N–H and O–H groups in total. The topological polar surface area (TPSA) is 57.8 Å². The number of amides is 1. The van der Waals surface area contributed by atoms with E-state index in [-0.39, 0.29) is 11.9 Å². The van der Waals surface area contributed by atoms with Crippen LogP contribution in [0.1, 0.15) is 48.6 Å². The van der Waals surface area contributed by atoms with Crippen LogP contribution in [0.2, 0.25) is 5.02 Å². The molecule has 1 heterocycles. The fourth-order valence-electron chi connectivity index (χ4n) is 2.13. The van der Waals surface area contributed by atoms with Gasteiger partial charge in [-0.1, -0.05) is 37.6 Å². The number of halogens is 1. The molecule has 0 aliphatic carbocycles. The Bertz CT molecular complexity index is 604. The standard InChI is InChI=1S/C16H20ClN3O/c1-10(2)8-14-9-15(20-19-14)16(21)18-11(3)12-4-6-13(17)7-5-12/h4-7,9-11H,8H2,1-3H3,(H,18,21)(H,19,20). The van der Waals surface area contributed by atoms with Gasteiger partial charge in [0.05, 0.1) is 6.04 Å². The van der Waals surface area contributed by atoms with Crippen molar-refractivity contribution < 1.29 is 4.79 Å². The molecule has 1 amide bonds. The van der Waals surface area contributed by atoms with Gasteiger partial charge in [-0.05, 0) is 43.0 Å². The van der Waals surface area contributed by atoms with Crippen LogP contribution in [0.4, 0.5) is 0 Å². The van der Waals surface area contributed by atoms with Crippen LogP contribution in [-0.4, -0.2) is 16.1 Å². The van der Waals surface area contributed by atoms with Crippen LogP contribution in [0.25, 0.3) is 0 Å². The van der Waals surface area contributed by atoms with Crippen LogP contribution in [0, 0.1) is 5.92 Å². The predicted molar refractivity (Wildman–Crippen MR) is 84.5 cm³/mol. The van der Waals surface area contributed by atoms with Crippen LogP contribution >= 0.6 is 11.6 Å². The van der Waals surface area contributed by atoms with Crippen molar-refractivity contribution in [1.82, 2.24) is 15.5 Å². The SMILES string of the molecule is CC(C)Cc1cc(C(=O)NC(C)c2ccc(Cl)cc2)n[nH]1. The molecular weight excluding hydrogens is 286 g/mol. The molecule has 2 aromatic rings. The molecule has 2 rings (SSSR count). The highest BCUT2D eigenvalue weighted by Crippen LogP contribution is 2.16. The lowest BCUT2D eigenvalue weighted by Gasteiger charge is -2.13. The second-order valence-corrected chi connectivity index (χ2v) is 6.06. The van der Waals surface area contributed by atoms with E-state index in [1.165, 1.54) is 0 Å². The highest BCUT2D eigenvalue weighted by atomic mass is 35.5. The summed E-state index contributed by atoms with van der Waals surface area (Å²) in [5.41, 5.74) is 2.41. The number of benzene rings is 1. The van der Waals surface area contributed by atoms with Gasteiger partial charge in [0.15, 0.2) is 0 Å². The molecule has 0 spiro atoms. The maximum absolute atomic E-state index is 12.2. The Morgan fingerprint density at radius 3 is 2.57 bits per heavy atom. The summed E-state index contributed by atoms with van der Waals surface area (Å²) in [5, 5.41) is 10.6. The van der Waals surface area contributed by atoms with E-state index in [4.69, 9.17) is 11.6 Å². The van der Waals surface area contributed by atoms with Crippen LogP contribution in [-0.2, 0) is 6.42 Å². The van der Waals surface area contributed by atoms with Gasteiger partial charge in [-0.25, -0.2) is 0 Å². The first-order valence-electron chi connectivity index (χ1n) is 7.06. The molecule has 5 heteroatoms. The lowest BCUT2D eigenvalue weighted by molar-refractivity contribution is 0.0935. The lowest BCUT2D eigenvalue weighted by Crippen LogP contribution is -2.26. The van der Waals surface area contributed by atoms with Gasteiger partial charge in [-0.15, -0.1) is 0 Å². The van der Waals surface area contributed by atoms with Crippen molar-refractivity contribution in [2.45, 2.75) is 33.2 Å². The molecule has 0 radical (unpaired) electrons. The minimum Gasteiger partial charge on any atom is -0.344 e. The summed E-state index contributed by atoms with van der Waals surface area (Å²) < 4.78 is 0. The van der Waals surface area contributed by atoms with E-state index in [1.54, 1.807) is 0 Å². The second-order valence-electron chi connectivity index (χ2n) is 5.62. The Labute approximate surface area is 129 Å². The van der Waals surface area contributed by atoms with Gasteiger partial charge in [0.25, 0.3) is 5.91 Å². The predicted octanol–water partition coefficient (Wildman–Crippen LogP) is 3.75. The molecular formula is C16H20ClN3O. The number of carbonyl (C=O) groups is 1. The third-order valence-corrected chi connectivity index (χ3v) is 3.46. The third-order valence-electron chi connectivity index (χ3n) is 3.21. The molecule has 1 aromatic heterocycles. The van der Waals surface area contributed by atoms with Gasteiger partial charge in [-0.3, -0.25) is 9.89 Å². The molecule has 1 atom stereocenters. The summed E-state index contributed by atoms with van der Waals surface area (Å²) in [6.45, 7) is 6.19. The van der Waals surface area contributed by atoms with Crippen molar-refractivity contribution >= 4 is 17.5 Å². The third kappa shape index (κ3) is 4.33. The average molecular weight is 306 g/mol. The Morgan fingerprint density at radius 2 is 1.95 bits per heavy atom. The van der Waals surface area contributed by atoms with Gasteiger partial charge < -0.3 is 5.32 Å². The molecule has 21 heavy (non-hydrogen) atoms. The summed E-state index contributed by atoms with van der Waals surface area (Å²) in [4.78, 5) is 12.2. The van der Waals surface area contributed by atoms with Gasteiger partial charge >= 0.3 is 0 Å². The molecule has 0 bridgehead atoms. The molecule has 0 aliphatic rings. The van der Waals surface area contributed by atoms with Crippen molar-refractivity contribution in [2.24, 2.45) is 5.92 Å². The van der Waals surface area contributed by atoms with E-state index >= 15 is 0 Å². The van der Waals surface area contributed by atoms with Crippen molar-refractivity contribution in [3.63, 3.8) is 0 Å². The van der Waals surface area contributed by atoms with Gasteiger partial charge in [-0.2, -0.15) is 5.10 Å². The molecule has 0 fully saturated rings. The number of H-pyrrole nitrogens is 1. The summed E-state index contributed by atoms with van der Waals surface area (Å²) in [5.74, 6) is 0.345. The molecule has 1 unspecified atom stereocenters. The zero-order chi connectivity index (χ0) is 15.4. The Hall–Kier alpha value is -1.81. The molecule has 0 saturated carbocycles. The van der Waals surface area contributed by atoms with Crippen LogP contribution in [0.15, 0.2) is 30.3 Å². The molecule has 1 aromatic carbocycles. The molecule has 112 valence electrons. The zero-order valence-electron chi connectivity index (χ0n) is 12.5. The monoisotopic (exact) mass is 305 g/mol. The summed E-state index contributed by atoms with van der Waals surface area (Å²) in [7, 11) is 0. The highest BCUT2D eigenvalue weighted by Gasteiger charge is 2.14. The van der Waals surface area contributed by atoms with E-state index in [0.717, 1.165) is 17.7 Å². The fourth-order valence-corrected chi connectivity index (χ4v) is 2.25. The molecule has 4 nitrogen and oxygen atoms in total. The second kappa shape index (κ2) is 6.76. The maximum atomic E-state index is 12.2. The van der Waals surface area contributed by atoms with E-state index in [9.17, 15) is 4.79 Å². The number of carbonyl (C=O) groups excluding carboxylic acids is 1. The van der Waals surface area contributed by atoms with Crippen LogP contribution < -0.4 is 5.32 Å². The van der Waals surface area contributed by atoms with Crippen molar-refractivity contribution in [3.05, 3.63) is 52.3 Å². The van der Waals surface area contributed by atoms with E-state index < -0.39 is 0 Å². The van der Waals surface area contributed by atoms with Gasteiger partial charge in [0.2, 0.25) is 0 Å². The number of rotatable bonds is 5. The first-order chi connectivity index (χ1) is 9.95. The Morgan fingerprint density at radius 1 is 1.29 bits per heavy atom. The normalized spacial score (nSPS) is 12.4. The summed E-state index contributed by atoms with van der Waals surface area (Å²) >= 11 is 5.86. The first kappa shape index (κ1) is 15.6. The number of nitrogens with zero attached hydrogens (tertiary/aromatic N) is 1. The summed E-state index contributed by atoms with van der Waals surface area (Å²) in [6, 6.07) is 9.15. The lowest BCUT2D eigenvalue weighted by atomic mass is 10.1. The maximum Gasteiger partial charge on any atom is 0.272 e. The van der Waals surface area contributed by atoms with Gasteiger partial charge in [0.1, 0.15) is 5.69 Å². The number of nitrogens with one attached hydrogen (secondary N) is 2. The van der Waals surface area contributed by atoms with Crippen molar-refractivity contribution in [3.8, 4) is 0 Å². The Balaban J connectivity index is 2.00. The largest absolute Gasteiger partial charge is 0.344 e. The Kier molecular flexibility index (Phi) is 5.02. The number of hydrogen-bond acceptors (Lipinski definition) is 2. The van der Waals surface area contributed by atoms with E-state index in [1.807, 2.05) is 37.3 Å².